The van der Waals surface area contributed by atoms with Gasteiger partial charge < -0.3 is 19.3 Å². The molecule has 0 aliphatic carbocycles. The summed E-state index contributed by atoms with van der Waals surface area (Å²) in [6.45, 7) is 5.80. The Kier molecular flexibility index (Phi) is 6.75. The Hall–Kier alpha value is -4.26. The highest BCUT2D eigenvalue weighted by atomic mass is 16.5. The van der Waals surface area contributed by atoms with Crippen molar-refractivity contribution in [3.8, 4) is 17.2 Å². The van der Waals surface area contributed by atoms with Crippen LogP contribution in [0.15, 0.2) is 60.2 Å². The number of hydrogen-bond donors (Lipinski definition) is 1. The summed E-state index contributed by atoms with van der Waals surface area (Å²) in [5, 5.41) is 11.4. The Morgan fingerprint density at radius 2 is 1.50 bits per heavy atom. The highest BCUT2D eigenvalue weighted by Crippen LogP contribution is 2.47. The molecule has 0 saturated carbocycles. The lowest BCUT2D eigenvalue weighted by Gasteiger charge is -2.27. The number of carbonyl (C=O) groups is 2. The molecule has 1 fully saturated rings. The molecule has 3 aromatic carbocycles. The van der Waals surface area contributed by atoms with Gasteiger partial charge in [-0.2, -0.15) is 0 Å². The first-order valence-electron chi connectivity index (χ1n) is 11.5. The van der Waals surface area contributed by atoms with Crippen LogP contribution < -0.4 is 19.1 Å². The van der Waals surface area contributed by atoms with Gasteiger partial charge in [-0.3, -0.25) is 14.5 Å². The summed E-state index contributed by atoms with van der Waals surface area (Å²) in [6.07, 6.45) is 0. The summed E-state index contributed by atoms with van der Waals surface area (Å²) in [4.78, 5) is 28.3. The lowest BCUT2D eigenvalue weighted by atomic mass is 9.93. The van der Waals surface area contributed by atoms with Gasteiger partial charge in [0, 0.05) is 11.3 Å². The van der Waals surface area contributed by atoms with E-state index in [1.807, 2.05) is 45.0 Å². The Morgan fingerprint density at radius 3 is 2.06 bits per heavy atom. The molecule has 1 amide bonds. The maximum atomic E-state index is 13.5. The van der Waals surface area contributed by atoms with E-state index < -0.39 is 17.7 Å². The molecule has 4 rings (SSSR count). The molecule has 1 aliphatic heterocycles. The van der Waals surface area contributed by atoms with Crippen LogP contribution in [0, 0.1) is 20.8 Å². The zero-order valence-corrected chi connectivity index (χ0v) is 21.2. The molecule has 1 saturated heterocycles. The van der Waals surface area contributed by atoms with Gasteiger partial charge in [-0.05, 0) is 73.4 Å². The smallest absolute Gasteiger partial charge is 0.300 e. The predicted octanol–water partition coefficient (Wildman–Crippen LogP) is 5.26. The van der Waals surface area contributed by atoms with Crippen LogP contribution in [0.1, 0.15) is 33.9 Å². The molecular weight excluding hydrogens is 458 g/mol. The van der Waals surface area contributed by atoms with Crippen molar-refractivity contribution in [3.05, 3.63) is 88.0 Å². The fourth-order valence-electron chi connectivity index (χ4n) is 4.50. The molecule has 36 heavy (non-hydrogen) atoms. The molecule has 186 valence electrons. The third-order valence-electron chi connectivity index (χ3n) is 6.51. The van der Waals surface area contributed by atoms with Crippen LogP contribution in [-0.4, -0.2) is 38.1 Å². The van der Waals surface area contributed by atoms with Crippen LogP contribution in [-0.2, 0) is 9.59 Å². The molecule has 1 heterocycles. The van der Waals surface area contributed by atoms with Crippen molar-refractivity contribution in [1.29, 1.82) is 0 Å². The molecule has 1 unspecified atom stereocenters. The number of aliphatic hydroxyl groups excluding tert-OH is 1. The minimum atomic E-state index is -0.929. The fraction of sp³-hybridized carbons (Fsp3) is 0.241. The third kappa shape index (κ3) is 4.17. The van der Waals surface area contributed by atoms with Crippen LogP contribution in [0.2, 0.25) is 0 Å². The van der Waals surface area contributed by atoms with Gasteiger partial charge >= 0.3 is 0 Å². The van der Waals surface area contributed by atoms with E-state index in [9.17, 15) is 14.7 Å². The largest absolute Gasteiger partial charge is 0.507 e. The first-order valence-corrected chi connectivity index (χ1v) is 11.5. The fourth-order valence-corrected chi connectivity index (χ4v) is 4.50. The minimum absolute atomic E-state index is 0.0148. The third-order valence-corrected chi connectivity index (χ3v) is 6.51. The number of hydrogen-bond acceptors (Lipinski definition) is 6. The molecule has 1 aliphatic rings. The quantitative estimate of drug-likeness (QED) is 0.290. The number of aliphatic hydroxyl groups is 1. The van der Waals surface area contributed by atoms with Crippen molar-refractivity contribution in [2.24, 2.45) is 0 Å². The number of methoxy groups -OCH3 is 3. The van der Waals surface area contributed by atoms with Crippen LogP contribution in [0.4, 0.5) is 5.69 Å². The monoisotopic (exact) mass is 487 g/mol. The normalized spacial score (nSPS) is 16.8. The highest BCUT2D eigenvalue weighted by molar-refractivity contribution is 6.51. The first-order chi connectivity index (χ1) is 17.2. The number of nitrogens with zero attached hydrogens (tertiary/aromatic N) is 1. The van der Waals surface area contributed by atoms with E-state index in [0.29, 0.717) is 34.1 Å². The maximum Gasteiger partial charge on any atom is 0.300 e. The van der Waals surface area contributed by atoms with Gasteiger partial charge in [0.15, 0.2) is 11.5 Å². The molecule has 7 nitrogen and oxygen atoms in total. The topological polar surface area (TPSA) is 85.3 Å². The second-order valence-electron chi connectivity index (χ2n) is 8.77. The maximum absolute atomic E-state index is 13.5. The van der Waals surface area contributed by atoms with Gasteiger partial charge in [0.25, 0.3) is 11.7 Å². The molecule has 1 atom stereocenters. The van der Waals surface area contributed by atoms with Crippen LogP contribution in [0.5, 0.6) is 17.2 Å². The number of amides is 1. The minimum Gasteiger partial charge on any atom is -0.507 e. The number of Topliss-reactive ketones (excluding diaryl/α,β-unsaturated/α-hetero) is 1. The number of benzene rings is 3. The van der Waals surface area contributed by atoms with E-state index in [4.69, 9.17) is 14.2 Å². The Bertz CT molecular complexity index is 1370. The SMILES string of the molecule is COc1cc(C2/C(=C(\O)c3ccc(C)c(C)c3)C(=O)C(=O)N2c2cccc(C)c2)cc(OC)c1OC. The zero-order chi connectivity index (χ0) is 26.1. The van der Waals surface area contributed by atoms with Crippen molar-refractivity contribution in [2.75, 3.05) is 26.2 Å². The van der Waals surface area contributed by atoms with E-state index in [1.165, 1.54) is 26.2 Å². The number of anilines is 1. The molecule has 0 bridgehead atoms. The second kappa shape index (κ2) is 9.77. The molecule has 3 aromatic rings. The summed E-state index contributed by atoms with van der Waals surface area (Å²) in [7, 11) is 4.49. The van der Waals surface area contributed by atoms with Gasteiger partial charge in [0.05, 0.1) is 32.9 Å². The molecule has 0 radical (unpaired) electrons. The lowest BCUT2D eigenvalue weighted by molar-refractivity contribution is -0.132. The van der Waals surface area contributed by atoms with Gasteiger partial charge in [-0.1, -0.05) is 24.3 Å². The van der Waals surface area contributed by atoms with E-state index in [0.717, 1.165) is 16.7 Å². The van der Waals surface area contributed by atoms with E-state index in [1.54, 1.807) is 30.3 Å². The van der Waals surface area contributed by atoms with Crippen LogP contribution >= 0.6 is 0 Å². The van der Waals surface area contributed by atoms with Gasteiger partial charge in [0.1, 0.15) is 5.76 Å². The number of aryl methyl sites for hydroxylation is 3. The number of ketones is 1. The lowest BCUT2D eigenvalue weighted by Crippen LogP contribution is -2.29. The summed E-state index contributed by atoms with van der Waals surface area (Å²) < 4.78 is 16.5. The van der Waals surface area contributed by atoms with Gasteiger partial charge in [0.2, 0.25) is 5.75 Å². The van der Waals surface area contributed by atoms with Crippen LogP contribution in [0.25, 0.3) is 5.76 Å². The average Bonchev–Trinajstić information content (AvgIpc) is 3.14. The van der Waals surface area contributed by atoms with E-state index >= 15 is 0 Å². The standard InChI is InChI=1S/C29H29NO6/c1-16-8-7-9-21(12-16)30-25(20-14-22(34-4)28(36-6)23(15-20)35-5)24(27(32)29(30)33)26(31)19-11-10-17(2)18(3)13-19/h7-15,25,31H,1-6H3/b26-24+. The Morgan fingerprint density at radius 1 is 0.833 bits per heavy atom. The van der Waals surface area contributed by atoms with Crippen LogP contribution in [0.3, 0.4) is 0 Å². The molecule has 0 spiro atoms. The molecular formula is C29H29NO6. The molecule has 0 aromatic heterocycles. The predicted molar refractivity (Wildman–Crippen MR) is 138 cm³/mol. The van der Waals surface area contributed by atoms with Crippen molar-refractivity contribution in [1.82, 2.24) is 0 Å². The second-order valence-corrected chi connectivity index (χ2v) is 8.77. The molecule has 1 N–H and O–H groups in total. The molecule has 7 heteroatoms. The Balaban J connectivity index is 2.03. The summed E-state index contributed by atoms with van der Waals surface area (Å²) in [5.74, 6) is -0.632. The van der Waals surface area contributed by atoms with Crippen molar-refractivity contribution < 1.29 is 28.9 Å². The highest BCUT2D eigenvalue weighted by Gasteiger charge is 2.47. The zero-order valence-electron chi connectivity index (χ0n) is 21.2. The Labute approximate surface area is 210 Å². The summed E-state index contributed by atoms with van der Waals surface area (Å²) >= 11 is 0. The van der Waals surface area contributed by atoms with Gasteiger partial charge in [-0.25, -0.2) is 0 Å². The first kappa shape index (κ1) is 24.9. The van der Waals surface area contributed by atoms with Gasteiger partial charge in [-0.15, -0.1) is 0 Å². The van der Waals surface area contributed by atoms with Crippen molar-refractivity contribution in [3.63, 3.8) is 0 Å². The van der Waals surface area contributed by atoms with Crippen molar-refractivity contribution >= 4 is 23.1 Å². The van der Waals surface area contributed by atoms with Crippen molar-refractivity contribution in [2.45, 2.75) is 26.8 Å². The van der Waals surface area contributed by atoms with E-state index in [-0.39, 0.29) is 11.3 Å². The summed E-state index contributed by atoms with van der Waals surface area (Å²) in [6, 6.07) is 15.2. The summed E-state index contributed by atoms with van der Waals surface area (Å²) in [5.41, 5.74) is 4.43. The average molecular weight is 488 g/mol. The number of rotatable bonds is 6. The number of carbonyl (C=O) groups excluding carboxylic acids is 2. The number of ether oxygens (including phenoxy) is 3. The van der Waals surface area contributed by atoms with E-state index in [2.05, 4.69) is 0 Å².